The van der Waals surface area contributed by atoms with Gasteiger partial charge in [0.15, 0.2) is 0 Å². The molecule has 2 aliphatic rings. The highest BCUT2D eigenvalue weighted by Gasteiger charge is 2.50. The number of rotatable bonds is 4. The van der Waals surface area contributed by atoms with E-state index >= 15 is 0 Å². The number of benzene rings is 2. The quantitative estimate of drug-likeness (QED) is 0.680. The van der Waals surface area contributed by atoms with Crippen molar-refractivity contribution in [3.63, 3.8) is 0 Å². The Bertz CT molecular complexity index is 892. The Labute approximate surface area is 171 Å². The third kappa shape index (κ3) is 3.10. The van der Waals surface area contributed by atoms with E-state index in [-0.39, 0.29) is 18.1 Å². The summed E-state index contributed by atoms with van der Waals surface area (Å²) in [6.07, 6.45) is 1.58. The van der Waals surface area contributed by atoms with Gasteiger partial charge in [-0.3, -0.25) is 14.6 Å². The van der Waals surface area contributed by atoms with Crippen LogP contribution in [0.4, 0.5) is 5.69 Å². The van der Waals surface area contributed by atoms with Crippen molar-refractivity contribution in [1.82, 2.24) is 4.90 Å². The van der Waals surface area contributed by atoms with Gasteiger partial charge >= 0.3 is 0 Å². The monoisotopic (exact) mass is 450 g/mol. The average Bonchev–Trinajstić information content (AvgIpc) is 3.23. The first kappa shape index (κ1) is 18.6. The van der Waals surface area contributed by atoms with E-state index in [0.717, 1.165) is 35.2 Å². The zero-order chi connectivity index (χ0) is 19.1. The lowest BCUT2D eigenvalue weighted by Gasteiger charge is -2.31. The minimum Gasteiger partial charge on any atom is -0.496 e. The lowest BCUT2D eigenvalue weighted by atomic mass is 10.1. The minimum absolute atomic E-state index is 0.0695. The van der Waals surface area contributed by atoms with Crippen molar-refractivity contribution in [3.05, 3.63) is 51.5 Å². The number of methoxy groups -OCH3 is 2. The molecule has 0 saturated carbocycles. The fourth-order valence-electron chi connectivity index (χ4n) is 4.10. The normalized spacial score (nSPS) is 22.2. The highest BCUT2D eigenvalue weighted by molar-refractivity contribution is 9.10. The second kappa shape index (κ2) is 7.34. The number of halogens is 2. The topological polar surface area (TPSA) is 42.0 Å². The van der Waals surface area contributed by atoms with Gasteiger partial charge in [0, 0.05) is 21.6 Å². The maximum absolute atomic E-state index is 13.4. The molecule has 4 rings (SSSR count). The molecule has 7 heteroatoms. The Morgan fingerprint density at radius 3 is 2.59 bits per heavy atom. The van der Waals surface area contributed by atoms with Gasteiger partial charge in [0.1, 0.15) is 17.7 Å². The highest BCUT2D eigenvalue weighted by atomic mass is 79.9. The summed E-state index contributed by atoms with van der Waals surface area (Å²) < 4.78 is 12.1. The number of carbonyl (C=O) groups excluding carboxylic acids is 1. The predicted octanol–water partition coefficient (Wildman–Crippen LogP) is 4.63. The standard InChI is InChI=1S/C20H20BrClN2O3/c1-26-17-7-5-12(21)10-14(17)19-23-9-3-4-15(23)20(25)24(19)16-11-13(22)6-8-18(16)27-2/h5-8,10-11,15,19H,3-4,9H2,1-2H3/t15-,19+/m0/s1. The molecule has 0 radical (unpaired) electrons. The van der Waals surface area contributed by atoms with Gasteiger partial charge < -0.3 is 9.47 Å². The van der Waals surface area contributed by atoms with Gasteiger partial charge in [-0.2, -0.15) is 0 Å². The summed E-state index contributed by atoms with van der Waals surface area (Å²) >= 11 is 9.81. The molecular formula is C20H20BrClN2O3. The smallest absolute Gasteiger partial charge is 0.246 e. The molecule has 0 aliphatic carbocycles. The van der Waals surface area contributed by atoms with Crippen LogP contribution in [0.15, 0.2) is 40.9 Å². The number of ether oxygens (including phenoxy) is 2. The Balaban J connectivity index is 1.91. The van der Waals surface area contributed by atoms with E-state index in [4.69, 9.17) is 21.1 Å². The van der Waals surface area contributed by atoms with Crippen molar-refractivity contribution in [2.24, 2.45) is 0 Å². The summed E-state index contributed by atoms with van der Waals surface area (Å²) in [5, 5.41) is 0.561. The SMILES string of the molecule is COc1ccc(Br)cc1[C@H]1N(c2cc(Cl)ccc2OC)C(=O)[C@@H]2CCCN21. The number of anilines is 1. The van der Waals surface area contributed by atoms with Gasteiger partial charge in [-0.1, -0.05) is 27.5 Å². The van der Waals surface area contributed by atoms with E-state index in [1.807, 2.05) is 18.2 Å². The third-order valence-electron chi connectivity index (χ3n) is 5.25. The molecule has 2 saturated heterocycles. The van der Waals surface area contributed by atoms with Crippen LogP contribution < -0.4 is 14.4 Å². The number of hydrogen-bond acceptors (Lipinski definition) is 4. The summed E-state index contributed by atoms with van der Waals surface area (Å²) in [6, 6.07) is 11.1. The summed E-state index contributed by atoms with van der Waals surface area (Å²) in [5.74, 6) is 1.43. The number of hydrogen-bond donors (Lipinski definition) is 0. The molecule has 0 bridgehead atoms. The Kier molecular flexibility index (Phi) is 5.05. The second-order valence-corrected chi connectivity index (χ2v) is 8.03. The van der Waals surface area contributed by atoms with Crippen LogP contribution >= 0.6 is 27.5 Å². The van der Waals surface area contributed by atoms with Gasteiger partial charge in [0.2, 0.25) is 5.91 Å². The zero-order valence-corrected chi connectivity index (χ0v) is 17.5. The van der Waals surface area contributed by atoms with E-state index in [9.17, 15) is 4.79 Å². The molecule has 0 spiro atoms. The number of nitrogens with zero attached hydrogens (tertiary/aromatic N) is 2. The maximum atomic E-state index is 13.4. The van der Waals surface area contributed by atoms with Crippen molar-refractivity contribution in [2.75, 3.05) is 25.7 Å². The first-order valence-electron chi connectivity index (χ1n) is 8.81. The van der Waals surface area contributed by atoms with Crippen LogP contribution in [-0.2, 0) is 4.79 Å². The van der Waals surface area contributed by atoms with E-state index in [0.29, 0.717) is 16.5 Å². The van der Waals surface area contributed by atoms with Crippen LogP contribution in [0.25, 0.3) is 0 Å². The van der Waals surface area contributed by atoms with Gasteiger partial charge in [-0.05, 0) is 49.2 Å². The van der Waals surface area contributed by atoms with Crippen molar-refractivity contribution in [1.29, 1.82) is 0 Å². The third-order valence-corrected chi connectivity index (χ3v) is 5.97. The largest absolute Gasteiger partial charge is 0.496 e. The number of fused-ring (bicyclic) bond motifs is 1. The molecule has 27 heavy (non-hydrogen) atoms. The Morgan fingerprint density at radius 1 is 1.11 bits per heavy atom. The van der Waals surface area contributed by atoms with Gasteiger partial charge in [-0.25, -0.2) is 0 Å². The molecule has 142 valence electrons. The first-order chi connectivity index (χ1) is 13.0. The van der Waals surface area contributed by atoms with Crippen LogP contribution in [0.5, 0.6) is 11.5 Å². The summed E-state index contributed by atoms with van der Waals surface area (Å²) in [6.45, 7) is 0.857. The number of carbonyl (C=O) groups is 1. The molecule has 2 aromatic carbocycles. The van der Waals surface area contributed by atoms with Crippen molar-refractivity contribution in [3.8, 4) is 11.5 Å². The summed E-state index contributed by atoms with van der Waals surface area (Å²) in [7, 11) is 3.25. The fraction of sp³-hybridized carbons (Fsp3) is 0.350. The van der Waals surface area contributed by atoms with Crippen LogP contribution in [0.1, 0.15) is 24.6 Å². The zero-order valence-electron chi connectivity index (χ0n) is 15.1. The lowest BCUT2D eigenvalue weighted by Crippen LogP contribution is -2.33. The van der Waals surface area contributed by atoms with Gasteiger partial charge in [-0.15, -0.1) is 0 Å². The van der Waals surface area contributed by atoms with Crippen LogP contribution in [0.3, 0.4) is 0 Å². The fourth-order valence-corrected chi connectivity index (χ4v) is 4.65. The molecule has 0 N–H and O–H groups in total. The highest BCUT2D eigenvalue weighted by Crippen LogP contribution is 2.48. The van der Waals surface area contributed by atoms with Gasteiger partial charge in [0.05, 0.1) is 25.9 Å². The molecular weight excluding hydrogens is 432 g/mol. The molecule has 2 aliphatic heterocycles. The van der Waals surface area contributed by atoms with Gasteiger partial charge in [0.25, 0.3) is 0 Å². The van der Waals surface area contributed by atoms with E-state index < -0.39 is 0 Å². The molecule has 5 nitrogen and oxygen atoms in total. The van der Waals surface area contributed by atoms with Crippen LogP contribution in [0, 0.1) is 0 Å². The summed E-state index contributed by atoms with van der Waals surface area (Å²) in [5.41, 5.74) is 1.61. The molecule has 2 fully saturated rings. The van der Waals surface area contributed by atoms with E-state index in [2.05, 4.69) is 20.8 Å². The molecule has 0 unspecified atom stereocenters. The predicted molar refractivity (Wildman–Crippen MR) is 109 cm³/mol. The van der Waals surface area contributed by atoms with E-state index in [1.165, 1.54) is 0 Å². The first-order valence-corrected chi connectivity index (χ1v) is 9.98. The Morgan fingerprint density at radius 2 is 1.85 bits per heavy atom. The lowest BCUT2D eigenvalue weighted by molar-refractivity contribution is -0.119. The minimum atomic E-state index is -0.273. The van der Waals surface area contributed by atoms with Crippen molar-refractivity contribution >= 4 is 39.1 Å². The second-order valence-electron chi connectivity index (χ2n) is 6.68. The van der Waals surface area contributed by atoms with Crippen molar-refractivity contribution in [2.45, 2.75) is 25.0 Å². The average molecular weight is 452 g/mol. The molecule has 0 aromatic heterocycles. The molecule has 2 aromatic rings. The molecule has 1 amide bonds. The van der Waals surface area contributed by atoms with Crippen LogP contribution in [-0.4, -0.2) is 37.6 Å². The number of amides is 1. The molecule has 2 atom stereocenters. The Hall–Kier alpha value is -1.76. The summed E-state index contributed by atoms with van der Waals surface area (Å²) in [4.78, 5) is 17.4. The maximum Gasteiger partial charge on any atom is 0.246 e. The van der Waals surface area contributed by atoms with Crippen molar-refractivity contribution < 1.29 is 14.3 Å². The van der Waals surface area contributed by atoms with E-state index in [1.54, 1.807) is 37.3 Å². The van der Waals surface area contributed by atoms with Crippen LogP contribution in [0.2, 0.25) is 5.02 Å². The molecule has 2 heterocycles.